The molecule has 108 valence electrons. The van der Waals surface area contributed by atoms with Crippen molar-refractivity contribution in [1.82, 2.24) is 0 Å². The molecule has 20 heavy (non-hydrogen) atoms. The van der Waals surface area contributed by atoms with E-state index in [0.29, 0.717) is 5.92 Å². The van der Waals surface area contributed by atoms with Gasteiger partial charge in [0.1, 0.15) is 0 Å². The molecule has 0 aliphatic heterocycles. The molecule has 0 unspecified atom stereocenters. The summed E-state index contributed by atoms with van der Waals surface area (Å²) in [5.41, 5.74) is 2.28. The van der Waals surface area contributed by atoms with Gasteiger partial charge in [-0.25, -0.2) is 0 Å². The quantitative estimate of drug-likeness (QED) is 0.856. The molecular formula is C16H20O3S. The van der Waals surface area contributed by atoms with E-state index in [4.69, 9.17) is 0 Å². The second kappa shape index (κ2) is 5.19. The van der Waals surface area contributed by atoms with E-state index in [0.717, 1.165) is 16.3 Å². The van der Waals surface area contributed by atoms with Gasteiger partial charge in [-0.2, -0.15) is 8.42 Å². The van der Waals surface area contributed by atoms with Crippen LogP contribution in [0.25, 0.3) is 10.8 Å². The number of hydrogen-bond donors (Lipinski definition) is 1. The summed E-state index contributed by atoms with van der Waals surface area (Å²) in [5.74, 6) is 0.644. The first-order chi connectivity index (χ1) is 9.21. The molecule has 4 heteroatoms. The lowest BCUT2D eigenvalue weighted by atomic mass is 9.89. The van der Waals surface area contributed by atoms with Gasteiger partial charge in [0.2, 0.25) is 0 Å². The maximum Gasteiger partial charge on any atom is 0.294 e. The molecule has 0 amide bonds. The Hall–Kier alpha value is -1.39. The summed E-state index contributed by atoms with van der Waals surface area (Å²) in [4.78, 5) is -0.0483. The molecule has 0 bridgehead atoms. The minimum absolute atomic E-state index is 0.0483. The van der Waals surface area contributed by atoms with Crippen molar-refractivity contribution in [2.75, 3.05) is 0 Å². The first-order valence-electron chi connectivity index (χ1n) is 6.76. The van der Waals surface area contributed by atoms with Crippen molar-refractivity contribution in [2.24, 2.45) is 0 Å². The van der Waals surface area contributed by atoms with Crippen LogP contribution in [0.5, 0.6) is 0 Å². The average Bonchev–Trinajstić information content (AvgIpc) is 2.35. The number of benzene rings is 2. The molecule has 0 aliphatic rings. The molecule has 0 saturated heterocycles. The topological polar surface area (TPSA) is 54.4 Å². The van der Waals surface area contributed by atoms with E-state index in [1.165, 1.54) is 11.6 Å². The van der Waals surface area contributed by atoms with Crippen molar-refractivity contribution in [1.29, 1.82) is 0 Å². The maximum atomic E-state index is 11.3. The SMILES string of the molecule is CC(C)c1ccc(C(C)C)c2cc(S(=O)(=O)O)ccc12. The van der Waals surface area contributed by atoms with E-state index in [2.05, 4.69) is 39.8 Å². The Morgan fingerprint density at radius 1 is 0.850 bits per heavy atom. The lowest BCUT2D eigenvalue weighted by molar-refractivity contribution is 0.483. The van der Waals surface area contributed by atoms with E-state index in [1.807, 2.05) is 0 Å². The van der Waals surface area contributed by atoms with Crippen LogP contribution in [0.15, 0.2) is 35.2 Å². The standard InChI is InChI=1S/C16H20O3S/c1-10(2)13-7-8-14(11(3)4)16-9-12(20(17,18)19)5-6-15(13)16/h5-11H,1-4H3,(H,17,18,19). The van der Waals surface area contributed by atoms with Crippen LogP contribution < -0.4 is 0 Å². The predicted molar refractivity (Wildman–Crippen MR) is 81.9 cm³/mol. The molecule has 0 fully saturated rings. The Kier molecular flexibility index (Phi) is 3.89. The molecule has 0 saturated carbocycles. The minimum Gasteiger partial charge on any atom is -0.282 e. The van der Waals surface area contributed by atoms with Gasteiger partial charge in [0, 0.05) is 0 Å². The molecule has 0 radical (unpaired) electrons. The lowest BCUT2D eigenvalue weighted by Crippen LogP contribution is -2.00. The summed E-state index contributed by atoms with van der Waals surface area (Å²) in [5, 5.41) is 1.96. The largest absolute Gasteiger partial charge is 0.294 e. The molecule has 2 aromatic rings. The summed E-state index contributed by atoms with van der Waals surface area (Å²) >= 11 is 0. The molecule has 2 rings (SSSR count). The van der Waals surface area contributed by atoms with Gasteiger partial charge in [0.15, 0.2) is 0 Å². The third kappa shape index (κ3) is 2.72. The van der Waals surface area contributed by atoms with Crippen LogP contribution in [0.2, 0.25) is 0 Å². The summed E-state index contributed by atoms with van der Waals surface area (Å²) in [6, 6.07) is 8.99. The van der Waals surface area contributed by atoms with Crippen LogP contribution in [0.1, 0.15) is 50.7 Å². The lowest BCUT2D eigenvalue weighted by Gasteiger charge is -2.16. The Morgan fingerprint density at radius 3 is 1.80 bits per heavy atom. The van der Waals surface area contributed by atoms with Crippen molar-refractivity contribution < 1.29 is 13.0 Å². The van der Waals surface area contributed by atoms with Gasteiger partial charge in [-0.15, -0.1) is 0 Å². The van der Waals surface area contributed by atoms with Gasteiger partial charge in [-0.05, 0) is 45.9 Å². The van der Waals surface area contributed by atoms with Crippen molar-refractivity contribution >= 4 is 20.9 Å². The van der Waals surface area contributed by atoms with Crippen LogP contribution >= 0.6 is 0 Å². The fourth-order valence-corrected chi connectivity index (χ4v) is 3.05. The fraction of sp³-hybridized carbons (Fsp3) is 0.375. The van der Waals surface area contributed by atoms with Gasteiger partial charge < -0.3 is 0 Å². The monoisotopic (exact) mass is 292 g/mol. The van der Waals surface area contributed by atoms with Crippen LogP contribution in [0.3, 0.4) is 0 Å². The molecule has 3 nitrogen and oxygen atoms in total. The Balaban J connectivity index is 2.86. The molecule has 0 aromatic heterocycles. The maximum absolute atomic E-state index is 11.3. The van der Waals surface area contributed by atoms with Gasteiger partial charge in [0.25, 0.3) is 10.1 Å². The van der Waals surface area contributed by atoms with Gasteiger partial charge in [0.05, 0.1) is 4.90 Å². The van der Waals surface area contributed by atoms with Gasteiger partial charge in [-0.1, -0.05) is 45.9 Å². The zero-order chi connectivity index (χ0) is 15.1. The smallest absolute Gasteiger partial charge is 0.282 e. The molecular weight excluding hydrogens is 272 g/mol. The zero-order valence-electron chi connectivity index (χ0n) is 12.2. The van der Waals surface area contributed by atoms with E-state index in [1.54, 1.807) is 12.1 Å². The van der Waals surface area contributed by atoms with Crippen molar-refractivity contribution in [3.63, 3.8) is 0 Å². The molecule has 0 spiro atoms. The van der Waals surface area contributed by atoms with Gasteiger partial charge >= 0.3 is 0 Å². The summed E-state index contributed by atoms with van der Waals surface area (Å²) in [6.45, 7) is 8.37. The normalized spacial score (nSPS) is 12.6. The average molecular weight is 292 g/mol. The second-order valence-corrected chi connectivity index (χ2v) is 7.16. The Bertz CT molecular complexity index is 744. The summed E-state index contributed by atoms with van der Waals surface area (Å²) < 4.78 is 31.9. The van der Waals surface area contributed by atoms with Crippen LogP contribution in [0, 0.1) is 0 Å². The first kappa shape index (κ1) is 15.0. The molecule has 1 N–H and O–H groups in total. The predicted octanol–water partition coefficient (Wildman–Crippen LogP) is 4.33. The first-order valence-corrected chi connectivity index (χ1v) is 8.20. The van der Waals surface area contributed by atoms with E-state index in [-0.39, 0.29) is 10.8 Å². The summed E-state index contributed by atoms with van der Waals surface area (Å²) in [7, 11) is -4.17. The van der Waals surface area contributed by atoms with Crippen molar-refractivity contribution in [2.45, 2.75) is 44.4 Å². The van der Waals surface area contributed by atoms with Crippen LogP contribution in [-0.2, 0) is 10.1 Å². The van der Waals surface area contributed by atoms with E-state index < -0.39 is 10.1 Å². The molecule has 2 aromatic carbocycles. The van der Waals surface area contributed by atoms with Crippen LogP contribution in [0.4, 0.5) is 0 Å². The number of rotatable bonds is 3. The van der Waals surface area contributed by atoms with Crippen LogP contribution in [-0.4, -0.2) is 13.0 Å². The highest BCUT2D eigenvalue weighted by atomic mass is 32.2. The number of hydrogen-bond acceptors (Lipinski definition) is 2. The van der Waals surface area contributed by atoms with E-state index in [9.17, 15) is 13.0 Å². The molecule has 0 heterocycles. The Labute approximate surface area is 120 Å². The highest BCUT2D eigenvalue weighted by Crippen LogP contribution is 2.33. The fourth-order valence-electron chi connectivity index (χ4n) is 2.54. The highest BCUT2D eigenvalue weighted by molar-refractivity contribution is 7.85. The summed E-state index contributed by atoms with van der Waals surface area (Å²) in [6.07, 6.45) is 0. The third-order valence-electron chi connectivity index (χ3n) is 3.60. The Morgan fingerprint density at radius 2 is 1.35 bits per heavy atom. The minimum atomic E-state index is -4.17. The van der Waals surface area contributed by atoms with Crippen molar-refractivity contribution in [3.8, 4) is 0 Å². The number of fused-ring (bicyclic) bond motifs is 1. The molecule has 0 aliphatic carbocycles. The molecule has 0 atom stereocenters. The van der Waals surface area contributed by atoms with Crippen molar-refractivity contribution in [3.05, 3.63) is 41.5 Å². The third-order valence-corrected chi connectivity index (χ3v) is 4.45. The second-order valence-electron chi connectivity index (χ2n) is 5.74. The van der Waals surface area contributed by atoms with Gasteiger partial charge in [-0.3, -0.25) is 4.55 Å². The zero-order valence-corrected chi connectivity index (χ0v) is 13.0. The highest BCUT2D eigenvalue weighted by Gasteiger charge is 2.15. The van der Waals surface area contributed by atoms with E-state index >= 15 is 0 Å².